The van der Waals surface area contributed by atoms with Gasteiger partial charge in [-0.15, -0.1) is 0 Å². The molecule has 69 heavy (non-hydrogen) atoms. The highest BCUT2D eigenvalue weighted by Gasteiger charge is 2.20. The minimum atomic E-state index is 0.556. The van der Waals surface area contributed by atoms with Crippen LogP contribution in [0.15, 0.2) is 231 Å². The van der Waals surface area contributed by atoms with E-state index in [1.165, 1.54) is 10.8 Å². The number of benzene rings is 8. The number of nitrogens with zero attached hydrogens (tertiary/aromatic N) is 8. The largest absolute Gasteiger partial charge is 0.309 e. The molecule has 6 heterocycles. The summed E-state index contributed by atoms with van der Waals surface area (Å²) >= 11 is 0. The maximum atomic E-state index is 5.18. The fraction of sp³-hybridized carbons (Fsp3) is 0. The second kappa shape index (κ2) is 15.5. The topological polar surface area (TPSA) is 79.2 Å². The zero-order valence-corrected chi connectivity index (χ0v) is 37.0. The van der Waals surface area contributed by atoms with Crippen LogP contribution in [0.2, 0.25) is 0 Å². The fourth-order valence-corrected chi connectivity index (χ4v) is 10.3. The van der Waals surface area contributed by atoms with E-state index < -0.39 is 0 Å². The van der Waals surface area contributed by atoms with Gasteiger partial charge in [0.2, 0.25) is 5.95 Å². The fourth-order valence-electron chi connectivity index (χ4n) is 10.3. The molecule has 14 rings (SSSR count). The van der Waals surface area contributed by atoms with Crippen molar-refractivity contribution in [2.24, 2.45) is 0 Å². The van der Waals surface area contributed by atoms with Gasteiger partial charge in [0.05, 0.1) is 55.7 Å². The Labute approximate surface area is 395 Å². The summed E-state index contributed by atoms with van der Waals surface area (Å²) in [5.41, 5.74) is 16.6. The first kappa shape index (κ1) is 38.7. The van der Waals surface area contributed by atoms with E-state index in [0.29, 0.717) is 11.8 Å². The SMILES string of the molecule is c1ccc(-c2cc(-n3c4ccccc4c4cc(-c5ccc6c(c5)c5ccccc5n6-c5ncnc(-c6ccc7c(c6)c6ncccc6n7-c6ccccc6)n5)ccc43)cc(-c3ccccc3)n2)cc1. The molecule has 0 aliphatic carbocycles. The summed E-state index contributed by atoms with van der Waals surface area (Å²) in [5.74, 6) is 1.15. The Kier molecular flexibility index (Phi) is 8.72. The number of fused-ring (bicyclic) bond motifs is 9. The molecule has 0 aliphatic rings. The van der Waals surface area contributed by atoms with Gasteiger partial charge < -0.3 is 9.13 Å². The lowest BCUT2D eigenvalue weighted by atomic mass is 10.0. The van der Waals surface area contributed by atoms with Crippen molar-refractivity contribution in [1.82, 2.24) is 38.6 Å². The second-order valence-electron chi connectivity index (χ2n) is 17.4. The van der Waals surface area contributed by atoms with Gasteiger partial charge >= 0.3 is 0 Å². The number of rotatable bonds is 7. The average molecular weight is 883 g/mol. The van der Waals surface area contributed by atoms with Gasteiger partial charge in [0.15, 0.2) is 5.82 Å². The Morgan fingerprint density at radius 2 is 0.783 bits per heavy atom. The molecule has 0 saturated heterocycles. The van der Waals surface area contributed by atoms with Crippen molar-refractivity contribution in [2.75, 3.05) is 0 Å². The molecule has 8 heteroatoms. The minimum absolute atomic E-state index is 0.556. The average Bonchev–Trinajstić information content (AvgIpc) is 4.06. The third kappa shape index (κ3) is 6.27. The van der Waals surface area contributed by atoms with Crippen LogP contribution < -0.4 is 0 Å². The van der Waals surface area contributed by atoms with Crippen molar-refractivity contribution in [2.45, 2.75) is 0 Å². The molecule has 0 unspecified atom stereocenters. The molecule has 0 fully saturated rings. The zero-order chi connectivity index (χ0) is 45.4. The summed E-state index contributed by atoms with van der Waals surface area (Å²) in [6, 6.07) is 76.9. The molecule has 8 nitrogen and oxygen atoms in total. The Bertz CT molecular complexity index is 4250. The first-order chi connectivity index (χ1) is 34.2. The lowest BCUT2D eigenvalue weighted by Crippen LogP contribution is -2.03. The third-order valence-electron chi connectivity index (χ3n) is 13.4. The van der Waals surface area contributed by atoms with Crippen molar-refractivity contribution in [1.29, 1.82) is 0 Å². The second-order valence-corrected chi connectivity index (χ2v) is 17.4. The van der Waals surface area contributed by atoms with Crippen LogP contribution in [-0.4, -0.2) is 38.6 Å². The predicted molar refractivity (Wildman–Crippen MR) is 280 cm³/mol. The standard InChI is InChI=1S/C61H38N8/c1-4-15-39(16-5-1)51-36-45(37-52(65-51)40-17-6-2-7-18-40)68-53-23-12-10-21-46(53)48-33-41(26-29-55(48)68)42-27-30-56-49(34-42)47-22-11-13-24-54(47)69(56)61-64-38-63-60(66-61)43-28-31-57-50(35-43)59-58(25-14-32-62-59)67(57)44-19-8-3-9-20-44/h1-38H. The van der Waals surface area contributed by atoms with E-state index in [9.17, 15) is 0 Å². The van der Waals surface area contributed by atoms with Crippen molar-refractivity contribution in [3.63, 3.8) is 0 Å². The number of hydrogen-bond acceptors (Lipinski definition) is 5. The highest BCUT2D eigenvalue weighted by Crippen LogP contribution is 2.40. The van der Waals surface area contributed by atoms with Crippen LogP contribution in [0.1, 0.15) is 0 Å². The molecule has 0 atom stereocenters. The summed E-state index contributed by atoms with van der Waals surface area (Å²) in [6.45, 7) is 0. The lowest BCUT2D eigenvalue weighted by molar-refractivity contribution is 0.947. The summed E-state index contributed by atoms with van der Waals surface area (Å²) in [5, 5.41) is 5.65. The summed E-state index contributed by atoms with van der Waals surface area (Å²) in [7, 11) is 0. The summed E-state index contributed by atoms with van der Waals surface area (Å²) in [4.78, 5) is 24.7. The maximum absolute atomic E-state index is 5.18. The van der Waals surface area contributed by atoms with Crippen molar-refractivity contribution >= 4 is 65.5 Å². The molecule has 0 amide bonds. The van der Waals surface area contributed by atoms with E-state index in [1.54, 1.807) is 6.33 Å². The van der Waals surface area contributed by atoms with E-state index in [-0.39, 0.29) is 0 Å². The van der Waals surface area contributed by atoms with Gasteiger partial charge in [0, 0.05) is 55.5 Å². The molecule has 0 radical (unpaired) electrons. The van der Waals surface area contributed by atoms with Crippen LogP contribution >= 0.6 is 0 Å². The van der Waals surface area contributed by atoms with Crippen LogP contribution in [0.3, 0.4) is 0 Å². The Morgan fingerprint density at radius 3 is 1.43 bits per heavy atom. The van der Waals surface area contributed by atoms with Gasteiger partial charge in [-0.1, -0.05) is 127 Å². The molecule has 8 aromatic carbocycles. The van der Waals surface area contributed by atoms with E-state index in [0.717, 1.165) is 105 Å². The highest BCUT2D eigenvalue weighted by molar-refractivity contribution is 6.13. The first-order valence-electron chi connectivity index (χ1n) is 23.1. The normalized spacial score (nSPS) is 11.8. The molecule has 6 aromatic heterocycles. The Morgan fingerprint density at radius 1 is 0.290 bits per heavy atom. The molecular formula is C61H38N8. The third-order valence-corrected chi connectivity index (χ3v) is 13.4. The van der Waals surface area contributed by atoms with E-state index in [2.05, 4.69) is 208 Å². The van der Waals surface area contributed by atoms with Crippen molar-refractivity contribution in [3.8, 4) is 62.4 Å². The van der Waals surface area contributed by atoms with E-state index in [4.69, 9.17) is 24.9 Å². The van der Waals surface area contributed by atoms with E-state index in [1.807, 2.05) is 30.5 Å². The monoisotopic (exact) mass is 882 g/mol. The van der Waals surface area contributed by atoms with Gasteiger partial charge in [-0.05, 0) is 102 Å². The van der Waals surface area contributed by atoms with Gasteiger partial charge in [0.1, 0.15) is 6.33 Å². The van der Waals surface area contributed by atoms with E-state index >= 15 is 0 Å². The van der Waals surface area contributed by atoms with Crippen LogP contribution in [0, 0.1) is 0 Å². The minimum Gasteiger partial charge on any atom is -0.309 e. The van der Waals surface area contributed by atoms with Crippen molar-refractivity contribution < 1.29 is 0 Å². The van der Waals surface area contributed by atoms with Gasteiger partial charge in [-0.3, -0.25) is 9.55 Å². The molecule has 0 saturated carbocycles. The lowest BCUT2D eigenvalue weighted by Gasteiger charge is -2.13. The van der Waals surface area contributed by atoms with Crippen LogP contribution in [0.4, 0.5) is 0 Å². The van der Waals surface area contributed by atoms with Crippen molar-refractivity contribution in [3.05, 3.63) is 231 Å². The van der Waals surface area contributed by atoms with Gasteiger partial charge in [-0.2, -0.15) is 4.98 Å². The molecule has 0 bridgehead atoms. The molecule has 322 valence electrons. The summed E-state index contributed by atoms with van der Waals surface area (Å²) in [6.07, 6.45) is 3.47. The molecular weight excluding hydrogens is 845 g/mol. The molecule has 14 aromatic rings. The molecule has 0 N–H and O–H groups in total. The maximum Gasteiger partial charge on any atom is 0.238 e. The Hall–Kier alpha value is -9.53. The summed E-state index contributed by atoms with van der Waals surface area (Å²) < 4.78 is 6.79. The molecule has 0 spiro atoms. The smallest absolute Gasteiger partial charge is 0.238 e. The molecule has 0 aliphatic heterocycles. The Balaban J connectivity index is 0.881. The number of para-hydroxylation sites is 3. The highest BCUT2D eigenvalue weighted by atomic mass is 15.2. The zero-order valence-electron chi connectivity index (χ0n) is 37.0. The van der Waals surface area contributed by atoms with Crippen LogP contribution in [0.25, 0.3) is 128 Å². The van der Waals surface area contributed by atoms with Crippen LogP contribution in [0.5, 0.6) is 0 Å². The van der Waals surface area contributed by atoms with Gasteiger partial charge in [-0.25, -0.2) is 15.0 Å². The predicted octanol–water partition coefficient (Wildman–Crippen LogP) is 14.6. The quantitative estimate of drug-likeness (QED) is 0.159. The number of pyridine rings is 2. The number of aromatic nitrogens is 8. The number of hydrogen-bond donors (Lipinski definition) is 0. The van der Waals surface area contributed by atoms with Crippen LogP contribution in [-0.2, 0) is 0 Å². The first-order valence-corrected chi connectivity index (χ1v) is 23.1. The van der Waals surface area contributed by atoms with Gasteiger partial charge in [0.25, 0.3) is 0 Å².